The number of piperazine rings is 1. The number of carbonyl (C=O) groups is 2. The molecule has 0 aromatic heterocycles. The fourth-order valence-corrected chi connectivity index (χ4v) is 3.64. The highest BCUT2D eigenvalue weighted by Crippen LogP contribution is 2.30. The van der Waals surface area contributed by atoms with Gasteiger partial charge < -0.3 is 25.0 Å². The molecule has 10 nitrogen and oxygen atoms in total. The monoisotopic (exact) mass is 496 g/mol. The van der Waals surface area contributed by atoms with Crippen molar-refractivity contribution in [2.75, 3.05) is 37.6 Å². The van der Waals surface area contributed by atoms with Gasteiger partial charge in [-0.25, -0.2) is 0 Å². The fraction of sp³-hybridized carbons (Fsp3) is 0.364. The van der Waals surface area contributed by atoms with Crippen molar-refractivity contribution in [2.24, 2.45) is 0 Å². The van der Waals surface area contributed by atoms with Gasteiger partial charge in [0.05, 0.1) is 11.0 Å². The molecule has 1 fully saturated rings. The van der Waals surface area contributed by atoms with Crippen LogP contribution < -0.4 is 15.0 Å². The first-order valence-electron chi connectivity index (χ1n) is 10.6. The van der Waals surface area contributed by atoms with Crippen LogP contribution in [-0.4, -0.2) is 65.8 Å². The molecular weight excluding hydrogens is 473 g/mol. The number of aliphatic hydroxyl groups is 1. The van der Waals surface area contributed by atoms with E-state index in [4.69, 9.17) is 0 Å². The van der Waals surface area contributed by atoms with Gasteiger partial charge >= 0.3 is 6.36 Å². The van der Waals surface area contributed by atoms with Crippen LogP contribution in [0.2, 0.25) is 0 Å². The number of amides is 2. The van der Waals surface area contributed by atoms with E-state index in [1.807, 2.05) is 0 Å². The Balaban J connectivity index is 1.63. The number of halogens is 3. The number of hydrogen-bond donors (Lipinski definition) is 2. The largest absolute Gasteiger partial charge is 0.573 e. The molecule has 0 radical (unpaired) electrons. The zero-order valence-corrected chi connectivity index (χ0v) is 18.6. The molecule has 2 aromatic carbocycles. The van der Waals surface area contributed by atoms with Crippen LogP contribution in [0.25, 0.3) is 0 Å². The average molecular weight is 496 g/mol. The van der Waals surface area contributed by atoms with Crippen molar-refractivity contribution in [2.45, 2.75) is 19.4 Å². The van der Waals surface area contributed by atoms with E-state index in [2.05, 4.69) is 10.1 Å². The predicted molar refractivity (Wildman–Crippen MR) is 118 cm³/mol. The summed E-state index contributed by atoms with van der Waals surface area (Å²) in [6, 6.07) is 8.54. The molecule has 3 rings (SSSR count). The van der Waals surface area contributed by atoms with Crippen molar-refractivity contribution in [3.63, 3.8) is 0 Å². The van der Waals surface area contributed by atoms with Gasteiger partial charge in [0.2, 0.25) is 5.91 Å². The molecule has 1 heterocycles. The zero-order valence-electron chi connectivity index (χ0n) is 18.6. The molecule has 1 aliphatic rings. The molecule has 1 unspecified atom stereocenters. The summed E-state index contributed by atoms with van der Waals surface area (Å²) in [6.45, 7) is 2.85. The fourth-order valence-electron chi connectivity index (χ4n) is 3.64. The molecule has 1 aliphatic heterocycles. The molecule has 188 valence electrons. The molecule has 2 aromatic rings. The second-order valence-electron chi connectivity index (χ2n) is 7.80. The van der Waals surface area contributed by atoms with Crippen molar-refractivity contribution < 1.29 is 37.5 Å². The van der Waals surface area contributed by atoms with E-state index in [1.165, 1.54) is 31.2 Å². The molecule has 0 aliphatic carbocycles. The Morgan fingerprint density at radius 2 is 1.77 bits per heavy atom. The molecule has 0 saturated carbocycles. The average Bonchev–Trinajstić information content (AvgIpc) is 2.81. The summed E-state index contributed by atoms with van der Waals surface area (Å²) >= 11 is 0. The minimum absolute atomic E-state index is 0.00365. The third kappa shape index (κ3) is 6.82. The number of hydrogen-bond acceptors (Lipinski definition) is 7. The SMILES string of the molecule is CC(=O)N1CCN(c2ccc(C(=O)NCC(O)c3ccc(OC(F)(F)F)cc3)cc2[N+](=O)[O-])CC1. The Hall–Kier alpha value is -3.87. The number of nitrogens with zero attached hydrogens (tertiary/aromatic N) is 3. The second-order valence-corrected chi connectivity index (χ2v) is 7.80. The minimum atomic E-state index is -4.84. The number of nitro benzene ring substituents is 1. The maximum Gasteiger partial charge on any atom is 0.573 e. The van der Waals surface area contributed by atoms with Crippen LogP contribution in [-0.2, 0) is 4.79 Å². The smallest absolute Gasteiger partial charge is 0.406 e. The van der Waals surface area contributed by atoms with Crippen LogP contribution in [0, 0.1) is 10.1 Å². The Bertz CT molecular complexity index is 1090. The van der Waals surface area contributed by atoms with E-state index < -0.39 is 29.0 Å². The molecule has 1 saturated heterocycles. The van der Waals surface area contributed by atoms with E-state index in [0.717, 1.165) is 18.2 Å². The van der Waals surface area contributed by atoms with Gasteiger partial charge in [-0.1, -0.05) is 12.1 Å². The normalized spacial score (nSPS) is 14.9. The number of carbonyl (C=O) groups excluding carboxylic acids is 2. The van der Waals surface area contributed by atoms with Crippen LogP contribution in [0.15, 0.2) is 42.5 Å². The Kier molecular flexibility index (Phi) is 7.79. The highest BCUT2D eigenvalue weighted by Gasteiger charge is 2.31. The number of aliphatic hydroxyl groups excluding tert-OH is 1. The van der Waals surface area contributed by atoms with Crippen LogP contribution in [0.5, 0.6) is 5.75 Å². The topological polar surface area (TPSA) is 125 Å². The summed E-state index contributed by atoms with van der Waals surface area (Å²) in [6.07, 6.45) is -6.07. The summed E-state index contributed by atoms with van der Waals surface area (Å²) < 4.78 is 40.5. The highest BCUT2D eigenvalue weighted by molar-refractivity contribution is 5.95. The van der Waals surface area contributed by atoms with Crippen molar-refractivity contribution in [1.82, 2.24) is 10.2 Å². The molecule has 0 bridgehead atoms. The number of nitrogens with one attached hydrogen (secondary N) is 1. The third-order valence-corrected chi connectivity index (χ3v) is 5.45. The summed E-state index contributed by atoms with van der Waals surface area (Å²) in [5.41, 5.74) is 0.306. The predicted octanol–water partition coefficient (Wildman–Crippen LogP) is 2.63. The number of ether oxygens (including phenoxy) is 1. The molecule has 2 amide bonds. The van der Waals surface area contributed by atoms with E-state index in [9.17, 15) is 38.0 Å². The van der Waals surface area contributed by atoms with Gasteiger partial charge in [0, 0.05) is 51.3 Å². The third-order valence-electron chi connectivity index (χ3n) is 5.45. The lowest BCUT2D eigenvalue weighted by atomic mass is 10.1. The lowest BCUT2D eigenvalue weighted by Gasteiger charge is -2.35. The zero-order chi connectivity index (χ0) is 25.8. The van der Waals surface area contributed by atoms with Gasteiger partial charge in [-0.3, -0.25) is 19.7 Å². The molecule has 35 heavy (non-hydrogen) atoms. The van der Waals surface area contributed by atoms with Crippen molar-refractivity contribution in [1.29, 1.82) is 0 Å². The maximum absolute atomic E-state index is 12.5. The quantitative estimate of drug-likeness (QED) is 0.446. The summed E-state index contributed by atoms with van der Waals surface area (Å²) in [5, 5.41) is 24.3. The minimum Gasteiger partial charge on any atom is -0.406 e. The summed E-state index contributed by atoms with van der Waals surface area (Å²) in [5.74, 6) is -1.19. The lowest BCUT2D eigenvalue weighted by molar-refractivity contribution is -0.384. The molecular formula is C22H23F3N4O6. The first-order chi connectivity index (χ1) is 16.4. The number of alkyl halides is 3. The summed E-state index contributed by atoms with van der Waals surface area (Å²) in [4.78, 5) is 38.5. The number of anilines is 1. The lowest BCUT2D eigenvalue weighted by Crippen LogP contribution is -2.48. The van der Waals surface area contributed by atoms with Crippen molar-refractivity contribution in [3.05, 3.63) is 63.7 Å². The Morgan fingerprint density at radius 3 is 2.31 bits per heavy atom. The van der Waals surface area contributed by atoms with Gasteiger partial charge in [0.1, 0.15) is 11.4 Å². The number of benzene rings is 2. The van der Waals surface area contributed by atoms with E-state index in [-0.39, 0.29) is 29.3 Å². The van der Waals surface area contributed by atoms with Gasteiger partial charge in [0.15, 0.2) is 0 Å². The van der Waals surface area contributed by atoms with Crippen LogP contribution in [0.1, 0.15) is 28.9 Å². The highest BCUT2D eigenvalue weighted by atomic mass is 19.4. The second kappa shape index (κ2) is 10.6. The number of nitro groups is 1. The Morgan fingerprint density at radius 1 is 1.14 bits per heavy atom. The molecule has 13 heteroatoms. The van der Waals surface area contributed by atoms with Gasteiger partial charge in [0.25, 0.3) is 11.6 Å². The van der Waals surface area contributed by atoms with Crippen molar-refractivity contribution in [3.8, 4) is 5.75 Å². The van der Waals surface area contributed by atoms with Gasteiger partial charge in [-0.2, -0.15) is 0 Å². The standard InChI is InChI=1S/C22H23F3N4O6/c1-14(30)27-8-10-28(11-9-27)18-7-4-16(12-19(18)29(33)34)21(32)26-13-20(31)15-2-5-17(6-3-15)35-22(23,24)25/h2-7,12,20,31H,8-11,13H2,1H3,(H,26,32). The molecule has 0 spiro atoms. The van der Waals surface area contributed by atoms with Crippen molar-refractivity contribution >= 4 is 23.2 Å². The van der Waals surface area contributed by atoms with Crippen LogP contribution in [0.3, 0.4) is 0 Å². The van der Waals surface area contributed by atoms with Crippen LogP contribution >= 0.6 is 0 Å². The molecule has 1 atom stereocenters. The summed E-state index contributed by atoms with van der Waals surface area (Å²) in [7, 11) is 0. The number of rotatable bonds is 7. The van der Waals surface area contributed by atoms with E-state index in [1.54, 1.807) is 9.80 Å². The maximum atomic E-state index is 12.5. The first-order valence-corrected chi connectivity index (χ1v) is 10.6. The van der Waals surface area contributed by atoms with Gasteiger partial charge in [-0.15, -0.1) is 13.2 Å². The molecule has 2 N–H and O–H groups in total. The van der Waals surface area contributed by atoms with E-state index >= 15 is 0 Å². The first kappa shape index (κ1) is 25.7. The van der Waals surface area contributed by atoms with Gasteiger partial charge in [-0.05, 0) is 29.8 Å². The van der Waals surface area contributed by atoms with E-state index in [0.29, 0.717) is 31.9 Å². The Labute approximate surface area is 198 Å². The van der Waals surface area contributed by atoms with Crippen LogP contribution in [0.4, 0.5) is 24.5 Å².